The van der Waals surface area contributed by atoms with Crippen LogP contribution in [-0.4, -0.2) is 18.4 Å². The number of nitrogens with zero attached hydrogens (tertiary/aromatic N) is 1. The van der Waals surface area contributed by atoms with Gasteiger partial charge in [-0.2, -0.15) is 0 Å². The molecular formula is C21H24N2O2. The summed E-state index contributed by atoms with van der Waals surface area (Å²) >= 11 is 0. The Morgan fingerprint density at radius 3 is 2.52 bits per heavy atom. The van der Waals surface area contributed by atoms with Crippen LogP contribution < -0.4 is 10.2 Å². The Morgan fingerprint density at radius 1 is 1.08 bits per heavy atom. The van der Waals surface area contributed by atoms with Crippen LogP contribution in [0.25, 0.3) is 0 Å². The van der Waals surface area contributed by atoms with E-state index >= 15 is 0 Å². The molecule has 1 aliphatic heterocycles. The Balaban J connectivity index is 1.62. The molecule has 2 aromatic rings. The molecule has 0 bridgehead atoms. The van der Waals surface area contributed by atoms with Crippen LogP contribution in [0.15, 0.2) is 48.5 Å². The van der Waals surface area contributed by atoms with Gasteiger partial charge in [0.15, 0.2) is 0 Å². The van der Waals surface area contributed by atoms with Crippen LogP contribution in [0.5, 0.6) is 0 Å². The quantitative estimate of drug-likeness (QED) is 0.854. The van der Waals surface area contributed by atoms with Crippen molar-refractivity contribution in [2.75, 3.05) is 16.8 Å². The van der Waals surface area contributed by atoms with Gasteiger partial charge >= 0.3 is 0 Å². The SMILES string of the molecule is CC(C)c1ccc(NC(=O)CC(=O)N2CCCc3ccccc32)cc1. The monoisotopic (exact) mass is 336 g/mol. The van der Waals surface area contributed by atoms with Gasteiger partial charge in [0.1, 0.15) is 6.42 Å². The molecule has 0 saturated carbocycles. The fraction of sp³-hybridized carbons (Fsp3) is 0.333. The molecule has 1 N–H and O–H groups in total. The van der Waals surface area contributed by atoms with E-state index in [9.17, 15) is 9.59 Å². The zero-order valence-electron chi connectivity index (χ0n) is 14.8. The second-order valence-corrected chi connectivity index (χ2v) is 6.78. The summed E-state index contributed by atoms with van der Waals surface area (Å²) in [6.45, 7) is 4.93. The predicted octanol–water partition coefficient (Wildman–Crippen LogP) is 4.12. The molecule has 0 unspecified atom stereocenters. The van der Waals surface area contributed by atoms with E-state index in [1.165, 1.54) is 11.1 Å². The van der Waals surface area contributed by atoms with Gasteiger partial charge in [-0.05, 0) is 48.1 Å². The summed E-state index contributed by atoms with van der Waals surface area (Å²) in [7, 11) is 0. The van der Waals surface area contributed by atoms with Crippen molar-refractivity contribution in [2.24, 2.45) is 0 Å². The molecule has 0 radical (unpaired) electrons. The minimum atomic E-state index is -0.273. The van der Waals surface area contributed by atoms with Gasteiger partial charge in [-0.1, -0.05) is 44.2 Å². The van der Waals surface area contributed by atoms with Gasteiger partial charge in [0, 0.05) is 17.9 Å². The number of nitrogens with one attached hydrogen (secondary N) is 1. The maximum atomic E-state index is 12.6. The van der Waals surface area contributed by atoms with Crippen LogP contribution in [0.1, 0.15) is 43.7 Å². The highest BCUT2D eigenvalue weighted by molar-refractivity contribution is 6.09. The first-order valence-corrected chi connectivity index (χ1v) is 8.82. The fourth-order valence-corrected chi connectivity index (χ4v) is 3.18. The number of anilines is 2. The molecule has 0 atom stereocenters. The Kier molecular flexibility index (Phi) is 5.17. The molecule has 2 amide bonds. The number of para-hydroxylation sites is 1. The van der Waals surface area contributed by atoms with E-state index in [1.54, 1.807) is 4.90 Å². The molecule has 0 aromatic heterocycles. The van der Waals surface area contributed by atoms with Crippen molar-refractivity contribution < 1.29 is 9.59 Å². The van der Waals surface area contributed by atoms with Gasteiger partial charge in [0.05, 0.1) is 0 Å². The number of carbonyl (C=O) groups excluding carboxylic acids is 2. The van der Waals surface area contributed by atoms with Crippen molar-refractivity contribution in [3.63, 3.8) is 0 Å². The third kappa shape index (κ3) is 4.08. The lowest BCUT2D eigenvalue weighted by Gasteiger charge is -2.29. The summed E-state index contributed by atoms with van der Waals surface area (Å²) in [5, 5.41) is 2.82. The van der Waals surface area contributed by atoms with E-state index < -0.39 is 0 Å². The van der Waals surface area contributed by atoms with Crippen molar-refractivity contribution >= 4 is 23.2 Å². The molecule has 4 heteroatoms. The summed E-state index contributed by atoms with van der Waals surface area (Å²) in [4.78, 5) is 26.5. The first-order valence-electron chi connectivity index (χ1n) is 8.82. The summed E-state index contributed by atoms with van der Waals surface area (Å²) in [6, 6.07) is 15.7. The minimum absolute atomic E-state index is 0.139. The number of fused-ring (bicyclic) bond motifs is 1. The van der Waals surface area contributed by atoms with Crippen molar-refractivity contribution in [3.05, 3.63) is 59.7 Å². The third-order valence-electron chi connectivity index (χ3n) is 4.58. The fourth-order valence-electron chi connectivity index (χ4n) is 3.18. The van der Waals surface area contributed by atoms with E-state index in [1.807, 2.05) is 48.5 Å². The van der Waals surface area contributed by atoms with E-state index in [0.717, 1.165) is 24.2 Å². The first-order chi connectivity index (χ1) is 12.0. The lowest BCUT2D eigenvalue weighted by atomic mass is 10.0. The molecule has 4 nitrogen and oxygen atoms in total. The van der Waals surface area contributed by atoms with Crippen LogP contribution in [0, 0.1) is 0 Å². The van der Waals surface area contributed by atoms with Crippen molar-refractivity contribution in [3.8, 4) is 0 Å². The molecule has 0 saturated heterocycles. The first kappa shape index (κ1) is 17.2. The zero-order chi connectivity index (χ0) is 17.8. The van der Waals surface area contributed by atoms with Gasteiger partial charge in [-0.3, -0.25) is 9.59 Å². The van der Waals surface area contributed by atoms with Crippen LogP contribution >= 0.6 is 0 Å². The molecule has 3 rings (SSSR count). The van der Waals surface area contributed by atoms with Gasteiger partial charge in [0.25, 0.3) is 0 Å². The molecule has 0 aliphatic carbocycles. The molecule has 1 aliphatic rings. The van der Waals surface area contributed by atoms with E-state index in [4.69, 9.17) is 0 Å². The smallest absolute Gasteiger partial charge is 0.236 e. The highest BCUT2D eigenvalue weighted by Gasteiger charge is 2.23. The number of amides is 2. The van der Waals surface area contributed by atoms with Crippen molar-refractivity contribution in [1.82, 2.24) is 0 Å². The van der Waals surface area contributed by atoms with Crippen molar-refractivity contribution in [2.45, 2.75) is 39.0 Å². The van der Waals surface area contributed by atoms with E-state index in [-0.39, 0.29) is 18.2 Å². The largest absolute Gasteiger partial charge is 0.326 e. The van der Waals surface area contributed by atoms with Crippen LogP contribution in [0.2, 0.25) is 0 Å². The lowest BCUT2D eigenvalue weighted by molar-refractivity contribution is -0.125. The molecule has 25 heavy (non-hydrogen) atoms. The Labute approximate surface area is 148 Å². The molecule has 0 fully saturated rings. The topological polar surface area (TPSA) is 49.4 Å². The highest BCUT2D eigenvalue weighted by atomic mass is 16.2. The summed E-state index contributed by atoms with van der Waals surface area (Å²) in [5.74, 6) is 0.0271. The molecule has 130 valence electrons. The molecule has 2 aromatic carbocycles. The Hall–Kier alpha value is -2.62. The van der Waals surface area contributed by atoms with Crippen molar-refractivity contribution in [1.29, 1.82) is 0 Å². The van der Waals surface area contributed by atoms with E-state index in [2.05, 4.69) is 19.2 Å². The zero-order valence-corrected chi connectivity index (χ0v) is 14.8. The number of benzene rings is 2. The van der Waals surface area contributed by atoms with Gasteiger partial charge < -0.3 is 10.2 Å². The molecule has 1 heterocycles. The standard InChI is InChI=1S/C21H24N2O2/c1-15(2)16-9-11-18(12-10-16)22-20(24)14-21(25)23-13-5-7-17-6-3-4-8-19(17)23/h3-4,6,8-12,15H,5,7,13-14H2,1-2H3,(H,22,24). The molecular weight excluding hydrogens is 312 g/mol. The second-order valence-electron chi connectivity index (χ2n) is 6.78. The van der Waals surface area contributed by atoms with Crippen LogP contribution in [0.4, 0.5) is 11.4 Å². The van der Waals surface area contributed by atoms with Gasteiger partial charge in [0.2, 0.25) is 11.8 Å². The summed E-state index contributed by atoms with van der Waals surface area (Å²) < 4.78 is 0. The number of hydrogen-bond donors (Lipinski definition) is 1. The van der Waals surface area contributed by atoms with Gasteiger partial charge in [-0.15, -0.1) is 0 Å². The third-order valence-corrected chi connectivity index (χ3v) is 4.58. The predicted molar refractivity (Wildman–Crippen MR) is 101 cm³/mol. The average molecular weight is 336 g/mol. The summed E-state index contributed by atoms with van der Waals surface area (Å²) in [5.41, 5.74) is 4.06. The maximum absolute atomic E-state index is 12.6. The highest BCUT2D eigenvalue weighted by Crippen LogP contribution is 2.27. The minimum Gasteiger partial charge on any atom is -0.326 e. The van der Waals surface area contributed by atoms with Gasteiger partial charge in [-0.25, -0.2) is 0 Å². The van der Waals surface area contributed by atoms with Crippen LogP contribution in [-0.2, 0) is 16.0 Å². The second kappa shape index (κ2) is 7.51. The normalized spacial score (nSPS) is 13.5. The Morgan fingerprint density at radius 2 is 1.80 bits per heavy atom. The lowest BCUT2D eigenvalue weighted by Crippen LogP contribution is -2.37. The average Bonchev–Trinajstić information content (AvgIpc) is 2.61. The number of carbonyl (C=O) groups is 2. The Bertz CT molecular complexity index is 766. The number of hydrogen-bond acceptors (Lipinski definition) is 2. The summed E-state index contributed by atoms with van der Waals surface area (Å²) in [6.07, 6.45) is 1.77. The molecule has 0 spiro atoms. The number of rotatable bonds is 4. The number of aryl methyl sites for hydroxylation is 1. The maximum Gasteiger partial charge on any atom is 0.236 e. The van der Waals surface area contributed by atoms with Crippen LogP contribution in [0.3, 0.4) is 0 Å². The van der Waals surface area contributed by atoms with E-state index in [0.29, 0.717) is 12.5 Å².